The van der Waals surface area contributed by atoms with E-state index in [9.17, 15) is 5.11 Å². The number of benzene rings is 1. The number of phenolic OH excluding ortho intramolecular Hbond substituents is 1. The van der Waals surface area contributed by atoms with Crippen molar-refractivity contribution in [2.75, 3.05) is 0 Å². The first-order valence-electron chi connectivity index (χ1n) is 7.12. The number of hydrogen-bond acceptors (Lipinski definition) is 1. The summed E-state index contributed by atoms with van der Waals surface area (Å²) in [6.07, 6.45) is 19.1. The Morgan fingerprint density at radius 3 is 2.50 bits per heavy atom. The van der Waals surface area contributed by atoms with Gasteiger partial charge in [0.2, 0.25) is 0 Å². The second kappa shape index (κ2) is 6.24. The van der Waals surface area contributed by atoms with Gasteiger partial charge in [-0.15, -0.1) is 0 Å². The minimum absolute atomic E-state index is 0.344. The van der Waals surface area contributed by atoms with Crippen LogP contribution in [0.2, 0.25) is 0 Å². The molecule has 0 aliphatic heterocycles. The lowest BCUT2D eigenvalue weighted by molar-refractivity contribution is 0.475. The molecule has 1 nitrogen and oxygen atoms in total. The van der Waals surface area contributed by atoms with Crippen molar-refractivity contribution < 1.29 is 5.11 Å². The van der Waals surface area contributed by atoms with Gasteiger partial charge in [-0.1, -0.05) is 54.7 Å². The summed E-state index contributed by atoms with van der Waals surface area (Å²) in [6.45, 7) is 0. The molecule has 2 atom stereocenters. The van der Waals surface area contributed by atoms with Crippen LogP contribution in [0.4, 0.5) is 0 Å². The van der Waals surface area contributed by atoms with Gasteiger partial charge in [0.25, 0.3) is 0 Å². The van der Waals surface area contributed by atoms with Crippen molar-refractivity contribution in [1.82, 2.24) is 0 Å². The summed E-state index contributed by atoms with van der Waals surface area (Å²) < 4.78 is 0. The third-order valence-electron chi connectivity index (χ3n) is 3.72. The van der Waals surface area contributed by atoms with Gasteiger partial charge in [-0.2, -0.15) is 0 Å². The molecule has 2 unspecified atom stereocenters. The van der Waals surface area contributed by atoms with E-state index in [2.05, 4.69) is 54.7 Å². The topological polar surface area (TPSA) is 20.2 Å². The van der Waals surface area contributed by atoms with Crippen molar-refractivity contribution in [1.29, 1.82) is 0 Å². The molecule has 1 N–H and O–H groups in total. The monoisotopic (exact) mass is 282 g/mol. The van der Waals surface area contributed by atoms with Gasteiger partial charge in [-0.25, -0.2) is 0 Å². The molecule has 3 rings (SSSR count). The second-order valence-electron chi connectivity index (χ2n) is 5.13. The molecule has 1 aromatic carbocycles. The zero-order valence-corrected chi connectivity index (χ0v) is 12.3. The quantitative estimate of drug-likeness (QED) is 0.802. The standard InChI is InChI=1S/C18H19OP/c19-15-11-13-18(14-12-15)20(16-7-3-1-4-8-16)17-9-5-2-6-10-17/h1-5,7,9,11-14,16,19H,6,8,10H2. The highest BCUT2D eigenvalue weighted by Crippen LogP contribution is 2.53. The summed E-state index contributed by atoms with van der Waals surface area (Å²) in [7, 11) is -0.344. The van der Waals surface area contributed by atoms with Crippen molar-refractivity contribution in [3.05, 3.63) is 72.1 Å². The van der Waals surface area contributed by atoms with Gasteiger partial charge in [-0.3, -0.25) is 0 Å². The number of rotatable bonds is 3. The third kappa shape index (κ3) is 2.94. The Labute approximate surface area is 121 Å². The van der Waals surface area contributed by atoms with Gasteiger partial charge in [0.05, 0.1) is 0 Å². The van der Waals surface area contributed by atoms with E-state index < -0.39 is 0 Å². The first kappa shape index (κ1) is 13.4. The van der Waals surface area contributed by atoms with Crippen molar-refractivity contribution in [3.63, 3.8) is 0 Å². The van der Waals surface area contributed by atoms with Crippen LogP contribution in [0.25, 0.3) is 0 Å². The van der Waals surface area contributed by atoms with E-state index in [1.807, 2.05) is 12.1 Å². The number of aromatic hydroxyl groups is 1. The molecule has 0 bridgehead atoms. The predicted octanol–water partition coefficient (Wildman–Crippen LogP) is 4.62. The van der Waals surface area contributed by atoms with Gasteiger partial charge < -0.3 is 5.11 Å². The Bertz CT molecular complexity index is 578. The molecule has 102 valence electrons. The molecule has 0 fully saturated rings. The summed E-state index contributed by atoms with van der Waals surface area (Å²) in [6, 6.07) is 7.80. The van der Waals surface area contributed by atoms with Crippen molar-refractivity contribution in [2.45, 2.75) is 24.9 Å². The normalized spacial score (nSPS) is 22.6. The highest BCUT2D eigenvalue weighted by atomic mass is 31.1. The van der Waals surface area contributed by atoms with Crippen LogP contribution in [0, 0.1) is 0 Å². The molecule has 2 aliphatic carbocycles. The third-order valence-corrected chi connectivity index (χ3v) is 6.61. The first-order valence-corrected chi connectivity index (χ1v) is 8.53. The smallest absolute Gasteiger partial charge is 0.115 e. The molecule has 0 amide bonds. The largest absolute Gasteiger partial charge is 0.508 e. The van der Waals surface area contributed by atoms with Crippen LogP contribution in [0.3, 0.4) is 0 Å². The van der Waals surface area contributed by atoms with Crippen LogP contribution < -0.4 is 5.30 Å². The van der Waals surface area contributed by atoms with Gasteiger partial charge in [0.15, 0.2) is 0 Å². The molecule has 0 saturated carbocycles. The number of phenols is 1. The first-order chi connectivity index (χ1) is 9.84. The Hall–Kier alpha value is -1.59. The van der Waals surface area contributed by atoms with Crippen molar-refractivity contribution in [2.24, 2.45) is 0 Å². The maximum Gasteiger partial charge on any atom is 0.115 e. The summed E-state index contributed by atoms with van der Waals surface area (Å²) in [5, 5.41) is 12.4. The molecule has 20 heavy (non-hydrogen) atoms. The van der Waals surface area contributed by atoms with Crippen molar-refractivity contribution in [3.8, 4) is 5.75 Å². The highest BCUT2D eigenvalue weighted by Gasteiger charge is 2.24. The van der Waals surface area contributed by atoms with Crippen LogP contribution >= 0.6 is 7.92 Å². The maximum absolute atomic E-state index is 9.52. The average Bonchev–Trinajstić information content (AvgIpc) is 2.52. The molecule has 2 heteroatoms. The van der Waals surface area contributed by atoms with Crippen molar-refractivity contribution >= 4 is 13.2 Å². The molecule has 0 saturated heterocycles. The highest BCUT2D eigenvalue weighted by molar-refractivity contribution is 7.70. The van der Waals surface area contributed by atoms with Gasteiger partial charge in [0.1, 0.15) is 5.75 Å². The molecule has 1 aromatic rings. The van der Waals surface area contributed by atoms with Gasteiger partial charge in [-0.05, 0) is 49.9 Å². The molecule has 0 aromatic heterocycles. The summed E-state index contributed by atoms with van der Waals surface area (Å²) >= 11 is 0. The maximum atomic E-state index is 9.52. The molecular formula is C18H19OP. The Kier molecular flexibility index (Phi) is 4.18. The molecule has 0 radical (unpaired) electrons. The minimum Gasteiger partial charge on any atom is -0.508 e. The Balaban J connectivity index is 1.96. The lowest BCUT2D eigenvalue weighted by Crippen LogP contribution is -2.14. The van der Waals surface area contributed by atoms with E-state index in [1.54, 1.807) is 5.31 Å². The summed E-state index contributed by atoms with van der Waals surface area (Å²) in [4.78, 5) is 0. The van der Waals surface area contributed by atoms with Crippen LogP contribution in [0.1, 0.15) is 19.3 Å². The fourth-order valence-electron chi connectivity index (χ4n) is 2.73. The molecular weight excluding hydrogens is 263 g/mol. The molecule has 0 heterocycles. The Morgan fingerprint density at radius 1 is 1.00 bits per heavy atom. The van der Waals surface area contributed by atoms with Crippen LogP contribution in [0.5, 0.6) is 5.75 Å². The van der Waals surface area contributed by atoms with E-state index in [0.717, 1.165) is 19.3 Å². The van der Waals surface area contributed by atoms with E-state index >= 15 is 0 Å². The summed E-state index contributed by atoms with van der Waals surface area (Å²) in [5.41, 5.74) is 0.581. The number of allylic oxidation sites excluding steroid dienone is 8. The molecule has 0 spiro atoms. The minimum atomic E-state index is -0.344. The van der Waals surface area contributed by atoms with E-state index in [1.165, 1.54) is 5.30 Å². The fraction of sp³-hybridized carbons (Fsp3) is 0.222. The fourth-order valence-corrected chi connectivity index (χ4v) is 5.56. The average molecular weight is 282 g/mol. The van der Waals surface area contributed by atoms with Gasteiger partial charge in [0, 0.05) is 5.66 Å². The van der Waals surface area contributed by atoms with Crippen LogP contribution in [-0.2, 0) is 0 Å². The lowest BCUT2D eigenvalue weighted by Gasteiger charge is -2.29. The van der Waals surface area contributed by atoms with E-state index in [-0.39, 0.29) is 7.92 Å². The van der Waals surface area contributed by atoms with Gasteiger partial charge >= 0.3 is 0 Å². The molecule has 2 aliphatic rings. The SMILES string of the molecule is Oc1ccc(P(C2=CC=CCC2)C2C=CC=CC2)cc1. The zero-order valence-electron chi connectivity index (χ0n) is 11.4. The predicted molar refractivity (Wildman–Crippen MR) is 87.8 cm³/mol. The second-order valence-corrected chi connectivity index (χ2v) is 7.62. The zero-order chi connectivity index (χ0) is 13.8. The van der Waals surface area contributed by atoms with Crippen LogP contribution in [0.15, 0.2) is 72.1 Å². The van der Waals surface area contributed by atoms with Crippen LogP contribution in [-0.4, -0.2) is 10.8 Å². The van der Waals surface area contributed by atoms with E-state index in [4.69, 9.17) is 0 Å². The van der Waals surface area contributed by atoms with E-state index in [0.29, 0.717) is 11.4 Å². The number of hydrogen-bond donors (Lipinski definition) is 1. The lowest BCUT2D eigenvalue weighted by atomic mass is 10.2. The summed E-state index contributed by atoms with van der Waals surface area (Å²) in [5.74, 6) is 0.348. The Morgan fingerprint density at radius 2 is 1.85 bits per heavy atom.